The maximum atomic E-state index is 11.3. The molecule has 0 aliphatic rings. The molecule has 0 bridgehead atoms. The summed E-state index contributed by atoms with van der Waals surface area (Å²) in [6.07, 6.45) is 4.61. The molecule has 0 saturated heterocycles. The van der Waals surface area contributed by atoms with Gasteiger partial charge in [0.25, 0.3) is 0 Å². The van der Waals surface area contributed by atoms with E-state index in [1.807, 2.05) is 11.9 Å². The van der Waals surface area contributed by atoms with E-state index in [1.165, 1.54) is 6.26 Å². The van der Waals surface area contributed by atoms with Crippen LogP contribution in [0.25, 0.3) is 0 Å². The summed E-state index contributed by atoms with van der Waals surface area (Å²) in [5.74, 6) is 0.677. The normalized spacial score (nSPS) is 13.9. The third kappa shape index (κ3) is 5.10. The number of nitrogens with zero attached hydrogens (tertiary/aromatic N) is 3. The fourth-order valence-electron chi connectivity index (χ4n) is 1.30. The molecular weight excluding hydrogens is 306 g/mol. The van der Waals surface area contributed by atoms with Gasteiger partial charge in [0.2, 0.25) is 0 Å². The van der Waals surface area contributed by atoms with Crippen molar-refractivity contribution >= 4 is 25.8 Å². The fourth-order valence-corrected chi connectivity index (χ4v) is 2.03. The van der Waals surface area contributed by atoms with Crippen molar-refractivity contribution in [3.05, 3.63) is 22.7 Å². The van der Waals surface area contributed by atoms with E-state index in [0.29, 0.717) is 18.9 Å². The zero-order valence-electron chi connectivity index (χ0n) is 10.1. The monoisotopic (exact) mass is 321 g/mol. The molecule has 1 heterocycles. The molecule has 96 valence electrons. The molecule has 0 spiro atoms. The van der Waals surface area contributed by atoms with Crippen molar-refractivity contribution in [2.45, 2.75) is 18.7 Å². The Morgan fingerprint density at radius 3 is 2.41 bits per heavy atom. The lowest BCUT2D eigenvalue weighted by Crippen LogP contribution is -2.32. The summed E-state index contributed by atoms with van der Waals surface area (Å²) >= 11 is 3.26. The third-order valence-corrected chi connectivity index (χ3v) is 4.41. The van der Waals surface area contributed by atoms with Crippen LogP contribution >= 0.6 is 15.9 Å². The van der Waals surface area contributed by atoms with Crippen LogP contribution in [-0.2, 0) is 16.4 Å². The topological polar surface area (TPSA) is 63.2 Å². The summed E-state index contributed by atoms with van der Waals surface area (Å²) < 4.78 is 23.4. The van der Waals surface area contributed by atoms with Gasteiger partial charge in [0.15, 0.2) is 9.84 Å². The van der Waals surface area contributed by atoms with E-state index in [-0.39, 0.29) is 5.25 Å². The smallest absolute Gasteiger partial charge is 0.151 e. The van der Waals surface area contributed by atoms with Gasteiger partial charge in [-0.25, -0.2) is 18.4 Å². The predicted octanol–water partition coefficient (Wildman–Crippen LogP) is 1.10. The van der Waals surface area contributed by atoms with Crippen LogP contribution in [0.4, 0.5) is 0 Å². The molecule has 0 radical (unpaired) electrons. The van der Waals surface area contributed by atoms with Crippen LogP contribution in [0.2, 0.25) is 0 Å². The number of aromatic nitrogens is 2. The summed E-state index contributed by atoms with van der Waals surface area (Å²) in [5, 5.41) is -0.386. The Kier molecular flexibility index (Phi) is 5.03. The van der Waals surface area contributed by atoms with E-state index in [4.69, 9.17) is 0 Å². The van der Waals surface area contributed by atoms with Crippen LogP contribution in [0.5, 0.6) is 0 Å². The van der Waals surface area contributed by atoms with Gasteiger partial charge in [-0.1, -0.05) is 0 Å². The standard InChI is InChI=1S/C10H16BrN3O2S/c1-8(17(3,15)16)6-14(2)7-10-12-4-9(11)5-13-10/h4-5,8H,6-7H2,1-3H3. The van der Waals surface area contributed by atoms with Crippen molar-refractivity contribution in [2.24, 2.45) is 0 Å². The van der Waals surface area contributed by atoms with Crippen LogP contribution in [0, 0.1) is 0 Å². The molecule has 0 aliphatic carbocycles. The maximum Gasteiger partial charge on any atom is 0.151 e. The van der Waals surface area contributed by atoms with Crippen LogP contribution in [0.15, 0.2) is 16.9 Å². The van der Waals surface area contributed by atoms with Crippen molar-refractivity contribution in [2.75, 3.05) is 19.8 Å². The average molecular weight is 322 g/mol. The molecule has 5 nitrogen and oxygen atoms in total. The molecular formula is C10H16BrN3O2S. The van der Waals surface area contributed by atoms with Gasteiger partial charge in [-0.2, -0.15) is 0 Å². The molecule has 1 aromatic heterocycles. The van der Waals surface area contributed by atoms with Gasteiger partial charge in [0, 0.05) is 25.2 Å². The lowest BCUT2D eigenvalue weighted by molar-refractivity contribution is 0.319. The Bertz CT molecular complexity index is 461. The minimum absolute atomic E-state index is 0.386. The first-order valence-electron chi connectivity index (χ1n) is 5.13. The molecule has 0 N–H and O–H groups in total. The molecule has 0 fully saturated rings. The van der Waals surface area contributed by atoms with E-state index >= 15 is 0 Å². The third-order valence-electron chi connectivity index (χ3n) is 2.38. The highest BCUT2D eigenvalue weighted by molar-refractivity contribution is 9.10. The molecule has 0 saturated carbocycles. The quantitative estimate of drug-likeness (QED) is 0.812. The van der Waals surface area contributed by atoms with Gasteiger partial charge < -0.3 is 0 Å². The van der Waals surface area contributed by atoms with Gasteiger partial charge in [-0.3, -0.25) is 4.90 Å². The van der Waals surface area contributed by atoms with Gasteiger partial charge in [-0.15, -0.1) is 0 Å². The minimum atomic E-state index is -2.99. The van der Waals surface area contributed by atoms with Crippen molar-refractivity contribution < 1.29 is 8.42 Å². The molecule has 0 amide bonds. The number of halogens is 1. The van der Waals surface area contributed by atoms with Crippen molar-refractivity contribution in [3.63, 3.8) is 0 Å². The Labute approximate surface area is 110 Å². The first-order chi connectivity index (χ1) is 7.79. The molecule has 0 aliphatic heterocycles. The van der Waals surface area contributed by atoms with Crippen LogP contribution in [0.1, 0.15) is 12.7 Å². The molecule has 1 rings (SSSR count). The average Bonchev–Trinajstić information content (AvgIpc) is 2.20. The van der Waals surface area contributed by atoms with Gasteiger partial charge in [0.1, 0.15) is 5.82 Å². The Hall–Kier alpha value is -0.530. The summed E-state index contributed by atoms with van der Waals surface area (Å²) in [7, 11) is -1.13. The lowest BCUT2D eigenvalue weighted by Gasteiger charge is -2.19. The van der Waals surface area contributed by atoms with Crippen LogP contribution in [0.3, 0.4) is 0 Å². The highest BCUT2D eigenvalue weighted by Crippen LogP contribution is 2.06. The second-order valence-corrected chi connectivity index (χ2v) is 7.53. The van der Waals surface area contributed by atoms with Crippen molar-refractivity contribution in [1.29, 1.82) is 0 Å². The molecule has 17 heavy (non-hydrogen) atoms. The number of rotatable bonds is 5. The zero-order valence-corrected chi connectivity index (χ0v) is 12.5. The largest absolute Gasteiger partial charge is 0.298 e. The molecule has 1 aromatic rings. The number of sulfone groups is 1. The molecule has 0 aromatic carbocycles. The molecule has 1 atom stereocenters. The molecule has 7 heteroatoms. The first-order valence-corrected chi connectivity index (χ1v) is 7.87. The first kappa shape index (κ1) is 14.5. The summed E-state index contributed by atoms with van der Waals surface area (Å²) in [4.78, 5) is 10.2. The number of hydrogen-bond acceptors (Lipinski definition) is 5. The van der Waals surface area contributed by atoms with E-state index in [1.54, 1.807) is 19.3 Å². The minimum Gasteiger partial charge on any atom is -0.298 e. The highest BCUT2D eigenvalue weighted by atomic mass is 79.9. The van der Waals surface area contributed by atoms with Gasteiger partial charge >= 0.3 is 0 Å². The summed E-state index contributed by atoms with van der Waals surface area (Å²) in [6.45, 7) is 2.71. The predicted molar refractivity (Wildman–Crippen MR) is 70.4 cm³/mol. The maximum absolute atomic E-state index is 11.3. The van der Waals surface area contributed by atoms with E-state index in [0.717, 1.165) is 4.47 Å². The van der Waals surface area contributed by atoms with Crippen molar-refractivity contribution in [3.8, 4) is 0 Å². The summed E-state index contributed by atoms with van der Waals surface area (Å²) in [5.41, 5.74) is 0. The van der Waals surface area contributed by atoms with E-state index < -0.39 is 9.84 Å². The van der Waals surface area contributed by atoms with E-state index in [2.05, 4.69) is 25.9 Å². The Morgan fingerprint density at radius 2 is 1.94 bits per heavy atom. The summed E-state index contributed by atoms with van der Waals surface area (Å²) in [6, 6.07) is 0. The Morgan fingerprint density at radius 1 is 1.41 bits per heavy atom. The van der Waals surface area contributed by atoms with Gasteiger partial charge in [0.05, 0.1) is 16.3 Å². The fraction of sp³-hybridized carbons (Fsp3) is 0.600. The SMILES string of the molecule is CC(CN(C)Cc1ncc(Br)cn1)S(C)(=O)=O. The van der Waals surface area contributed by atoms with Crippen LogP contribution < -0.4 is 0 Å². The lowest BCUT2D eigenvalue weighted by atomic mass is 10.4. The van der Waals surface area contributed by atoms with Gasteiger partial charge in [-0.05, 0) is 29.9 Å². The second kappa shape index (κ2) is 5.88. The Balaban J connectivity index is 2.55. The van der Waals surface area contributed by atoms with E-state index in [9.17, 15) is 8.42 Å². The van der Waals surface area contributed by atoms with Crippen molar-refractivity contribution in [1.82, 2.24) is 14.9 Å². The zero-order chi connectivity index (χ0) is 13.1. The second-order valence-electron chi connectivity index (χ2n) is 4.15. The van der Waals surface area contributed by atoms with Crippen LogP contribution in [-0.4, -0.2) is 48.4 Å². The highest BCUT2D eigenvalue weighted by Gasteiger charge is 2.17. The number of hydrogen-bond donors (Lipinski definition) is 0. The molecule has 1 unspecified atom stereocenters.